The monoisotopic (exact) mass is 442 g/mol. The van der Waals surface area contributed by atoms with Crippen LogP contribution in [0.2, 0.25) is 0 Å². The number of nitrogens with one attached hydrogen (secondary N) is 2. The highest BCUT2D eigenvalue weighted by Crippen LogP contribution is 2.38. The largest absolute Gasteiger partial charge is 0.497 e. The molecule has 0 aromatic heterocycles. The van der Waals surface area contributed by atoms with E-state index in [1.54, 1.807) is 40.1 Å². The highest BCUT2D eigenvalue weighted by molar-refractivity contribution is 6.04. The topological polar surface area (TPSA) is 100 Å². The Labute approximate surface area is 187 Å². The zero-order valence-electron chi connectivity index (χ0n) is 18.9. The fraction of sp³-hybridized carbons (Fsp3) is 0.522. The number of hydrogen-bond acceptors (Lipinski definition) is 5. The second kappa shape index (κ2) is 8.46. The summed E-state index contributed by atoms with van der Waals surface area (Å²) in [6.07, 6.45) is 1.93. The summed E-state index contributed by atoms with van der Waals surface area (Å²) in [5.41, 5.74) is 0.772. The lowest BCUT2D eigenvalue weighted by molar-refractivity contribution is -0.142. The van der Waals surface area contributed by atoms with Crippen molar-refractivity contribution < 1.29 is 23.9 Å². The Morgan fingerprint density at radius 3 is 2.62 bits per heavy atom. The van der Waals surface area contributed by atoms with Gasteiger partial charge in [-0.05, 0) is 44.4 Å². The molecule has 9 heteroatoms. The van der Waals surface area contributed by atoms with Gasteiger partial charge in [-0.2, -0.15) is 0 Å². The fourth-order valence-corrected chi connectivity index (χ4v) is 4.42. The van der Waals surface area contributed by atoms with E-state index in [1.807, 2.05) is 12.1 Å². The molecule has 0 radical (unpaired) electrons. The van der Waals surface area contributed by atoms with Gasteiger partial charge in [0.25, 0.3) is 5.91 Å². The molecule has 0 spiro atoms. The molecule has 1 aromatic rings. The summed E-state index contributed by atoms with van der Waals surface area (Å²) in [7, 11) is 3.22. The molecule has 1 fully saturated rings. The van der Waals surface area contributed by atoms with Crippen LogP contribution < -0.4 is 15.4 Å². The molecule has 2 N–H and O–H groups in total. The average Bonchev–Trinajstić information content (AvgIpc) is 3.43. The smallest absolute Gasteiger partial charge is 0.322 e. The summed E-state index contributed by atoms with van der Waals surface area (Å²) >= 11 is 0. The van der Waals surface area contributed by atoms with Gasteiger partial charge in [-0.25, -0.2) is 4.79 Å². The number of carbonyl (C=O) groups is 3. The number of benzene rings is 1. The maximum absolute atomic E-state index is 13.6. The summed E-state index contributed by atoms with van der Waals surface area (Å²) in [5, 5.41) is 5.84. The molecule has 32 heavy (non-hydrogen) atoms. The number of likely N-dealkylation sites (N-methyl/N-ethyl adjacent to an activating group) is 1. The van der Waals surface area contributed by atoms with E-state index < -0.39 is 11.6 Å². The van der Waals surface area contributed by atoms with E-state index in [1.165, 1.54) is 9.80 Å². The minimum Gasteiger partial charge on any atom is -0.497 e. The summed E-state index contributed by atoms with van der Waals surface area (Å²) in [5.74, 6) is 0.180. The highest BCUT2D eigenvalue weighted by atomic mass is 16.5. The van der Waals surface area contributed by atoms with Crippen LogP contribution in [0, 0.1) is 0 Å². The van der Waals surface area contributed by atoms with Gasteiger partial charge in [0.2, 0.25) is 5.91 Å². The third-order valence-electron chi connectivity index (χ3n) is 6.55. The molecule has 1 aromatic carbocycles. The standard InChI is InChI=1S/C23H30N4O5/c1-23(2,21(29)24-12-16-6-5-11-32-16)27-13-17-18(20(27)28)19(25-22(30)26(17)3)14-7-9-15(31-4)10-8-14/h7-10,16,19H,5-6,11-13H2,1-4H3,(H,24,29)(H,25,30)/t16-,19-/m0/s1. The van der Waals surface area contributed by atoms with Gasteiger partial charge in [0.15, 0.2) is 0 Å². The van der Waals surface area contributed by atoms with Gasteiger partial charge in [-0.1, -0.05) is 12.1 Å². The van der Waals surface area contributed by atoms with Crippen molar-refractivity contribution in [3.05, 3.63) is 41.1 Å². The molecule has 9 nitrogen and oxygen atoms in total. The van der Waals surface area contributed by atoms with E-state index in [-0.39, 0.29) is 30.5 Å². The number of urea groups is 1. The van der Waals surface area contributed by atoms with Gasteiger partial charge >= 0.3 is 6.03 Å². The molecule has 4 rings (SSSR count). The molecule has 1 saturated heterocycles. The van der Waals surface area contributed by atoms with E-state index in [4.69, 9.17) is 9.47 Å². The Morgan fingerprint density at radius 1 is 1.28 bits per heavy atom. The van der Waals surface area contributed by atoms with Crippen LogP contribution in [0.4, 0.5) is 4.79 Å². The molecule has 0 unspecified atom stereocenters. The van der Waals surface area contributed by atoms with Crippen molar-refractivity contribution in [2.45, 2.75) is 44.4 Å². The molecule has 0 aliphatic carbocycles. The van der Waals surface area contributed by atoms with E-state index in [2.05, 4.69) is 10.6 Å². The minimum absolute atomic E-state index is 0.0165. The number of rotatable bonds is 6. The Hall–Kier alpha value is -3.07. The van der Waals surface area contributed by atoms with Gasteiger partial charge in [-0.15, -0.1) is 0 Å². The van der Waals surface area contributed by atoms with Crippen molar-refractivity contribution in [2.75, 3.05) is 33.9 Å². The first-order valence-electron chi connectivity index (χ1n) is 10.9. The number of methoxy groups -OCH3 is 1. The van der Waals surface area contributed by atoms with Gasteiger partial charge in [0.05, 0.1) is 37.1 Å². The molecular formula is C23H30N4O5. The zero-order chi connectivity index (χ0) is 23.0. The second-order valence-electron chi connectivity index (χ2n) is 8.87. The summed E-state index contributed by atoms with van der Waals surface area (Å²) in [6, 6.07) is 6.35. The van der Waals surface area contributed by atoms with Crippen molar-refractivity contribution in [2.24, 2.45) is 0 Å². The van der Waals surface area contributed by atoms with Crippen LogP contribution in [0.1, 0.15) is 38.3 Å². The first-order chi connectivity index (χ1) is 15.2. The van der Waals surface area contributed by atoms with E-state index in [9.17, 15) is 14.4 Å². The van der Waals surface area contributed by atoms with Crippen molar-refractivity contribution in [3.8, 4) is 5.75 Å². The van der Waals surface area contributed by atoms with Crippen LogP contribution in [-0.4, -0.2) is 73.1 Å². The Kier molecular flexibility index (Phi) is 5.85. The van der Waals surface area contributed by atoms with E-state index in [0.717, 1.165) is 18.4 Å². The number of nitrogens with zero attached hydrogens (tertiary/aromatic N) is 2. The molecule has 172 valence electrons. The average molecular weight is 443 g/mol. The Morgan fingerprint density at radius 2 is 2.00 bits per heavy atom. The molecule has 0 saturated carbocycles. The lowest BCUT2D eigenvalue weighted by Gasteiger charge is -2.35. The van der Waals surface area contributed by atoms with Gasteiger partial charge in [0, 0.05) is 20.2 Å². The number of amides is 4. The Bertz CT molecular complexity index is 950. The van der Waals surface area contributed by atoms with Crippen molar-refractivity contribution in [3.63, 3.8) is 0 Å². The van der Waals surface area contributed by atoms with Crippen LogP contribution >= 0.6 is 0 Å². The Balaban J connectivity index is 1.57. The predicted octanol–water partition coefficient (Wildman–Crippen LogP) is 1.56. The molecule has 3 aliphatic heterocycles. The first kappa shape index (κ1) is 22.1. The lowest BCUT2D eigenvalue weighted by Crippen LogP contribution is -2.57. The van der Waals surface area contributed by atoms with Gasteiger partial charge in [-0.3, -0.25) is 14.5 Å². The van der Waals surface area contributed by atoms with E-state index in [0.29, 0.717) is 30.2 Å². The van der Waals surface area contributed by atoms with Gasteiger partial charge < -0.3 is 25.0 Å². The molecule has 3 heterocycles. The number of hydrogen-bond donors (Lipinski definition) is 2. The van der Waals surface area contributed by atoms with Crippen molar-refractivity contribution in [1.29, 1.82) is 0 Å². The van der Waals surface area contributed by atoms with Crippen LogP contribution in [0.15, 0.2) is 35.5 Å². The van der Waals surface area contributed by atoms with Crippen LogP contribution in [0.5, 0.6) is 5.75 Å². The van der Waals surface area contributed by atoms with Crippen LogP contribution in [-0.2, 0) is 14.3 Å². The third-order valence-corrected chi connectivity index (χ3v) is 6.55. The number of carbonyl (C=O) groups excluding carboxylic acids is 3. The van der Waals surface area contributed by atoms with Gasteiger partial charge in [0.1, 0.15) is 11.3 Å². The molecular weight excluding hydrogens is 412 g/mol. The third kappa shape index (κ3) is 3.81. The summed E-state index contributed by atoms with van der Waals surface area (Å²) in [6.45, 7) is 4.78. The molecule has 2 atom stereocenters. The number of ether oxygens (including phenoxy) is 2. The van der Waals surface area contributed by atoms with E-state index >= 15 is 0 Å². The SMILES string of the molecule is COc1ccc([C@@H]2NC(=O)N(C)C3=C2C(=O)N(C(C)(C)C(=O)NC[C@@H]2CCCO2)C3)cc1. The maximum atomic E-state index is 13.6. The molecule has 3 aliphatic rings. The maximum Gasteiger partial charge on any atom is 0.322 e. The predicted molar refractivity (Wildman–Crippen MR) is 117 cm³/mol. The van der Waals surface area contributed by atoms with Crippen molar-refractivity contribution >= 4 is 17.8 Å². The minimum atomic E-state index is -1.10. The van der Waals surface area contributed by atoms with Crippen LogP contribution in [0.3, 0.4) is 0 Å². The normalized spacial score (nSPS) is 23.4. The lowest BCUT2D eigenvalue weighted by atomic mass is 9.95. The molecule has 0 bridgehead atoms. The second-order valence-corrected chi connectivity index (χ2v) is 8.87. The first-order valence-corrected chi connectivity index (χ1v) is 10.9. The zero-order valence-corrected chi connectivity index (χ0v) is 18.9. The quantitative estimate of drug-likeness (QED) is 0.697. The van der Waals surface area contributed by atoms with Crippen molar-refractivity contribution in [1.82, 2.24) is 20.4 Å². The molecule has 4 amide bonds. The summed E-state index contributed by atoms with van der Waals surface area (Å²) < 4.78 is 10.8. The fourth-order valence-electron chi connectivity index (χ4n) is 4.42. The highest BCUT2D eigenvalue weighted by Gasteiger charge is 2.49. The summed E-state index contributed by atoms with van der Waals surface area (Å²) in [4.78, 5) is 42.2. The van der Waals surface area contributed by atoms with Crippen LogP contribution in [0.25, 0.3) is 0 Å².